The summed E-state index contributed by atoms with van der Waals surface area (Å²) in [6.07, 6.45) is -4.31. The smallest absolute Gasteiger partial charge is 0.379 e. The van der Waals surface area contributed by atoms with Crippen LogP contribution in [0.5, 0.6) is 0 Å². The van der Waals surface area contributed by atoms with Gasteiger partial charge in [0.05, 0.1) is 18.8 Å². The summed E-state index contributed by atoms with van der Waals surface area (Å²) in [6.45, 7) is 6.47. The lowest BCUT2D eigenvalue weighted by Crippen LogP contribution is -2.40. The first-order chi connectivity index (χ1) is 9.98. The Labute approximate surface area is 123 Å². The van der Waals surface area contributed by atoms with Gasteiger partial charge in [-0.05, 0) is 18.6 Å². The number of ether oxygens (including phenoxy) is 1. The average Bonchev–Trinajstić information content (AvgIpc) is 2.47. The molecule has 1 N–H and O–H groups in total. The Morgan fingerprint density at radius 1 is 1.24 bits per heavy atom. The number of nitrogens with zero attached hydrogens (tertiary/aromatic N) is 1. The molecule has 1 fully saturated rings. The normalized spacial score (nSPS) is 18.7. The van der Waals surface area contributed by atoms with Crippen molar-refractivity contribution in [1.29, 1.82) is 0 Å². The molecule has 0 amide bonds. The molecule has 1 heterocycles. The van der Waals surface area contributed by atoms with Gasteiger partial charge >= 0.3 is 6.18 Å². The van der Waals surface area contributed by atoms with Crippen molar-refractivity contribution in [3.05, 3.63) is 35.4 Å². The van der Waals surface area contributed by atoms with Crippen LogP contribution in [0.2, 0.25) is 0 Å². The van der Waals surface area contributed by atoms with Gasteiger partial charge in [-0.3, -0.25) is 4.90 Å². The summed E-state index contributed by atoms with van der Waals surface area (Å²) >= 11 is 0. The fourth-order valence-corrected chi connectivity index (χ4v) is 2.51. The van der Waals surface area contributed by atoms with Crippen LogP contribution in [0.3, 0.4) is 0 Å². The topological polar surface area (TPSA) is 24.5 Å². The molecule has 3 nitrogen and oxygen atoms in total. The summed E-state index contributed by atoms with van der Waals surface area (Å²) in [6, 6.07) is 5.41. The van der Waals surface area contributed by atoms with Crippen LogP contribution in [-0.4, -0.2) is 44.3 Å². The second kappa shape index (κ2) is 7.24. The van der Waals surface area contributed by atoms with Crippen LogP contribution in [0.4, 0.5) is 13.2 Å². The Morgan fingerprint density at radius 2 is 1.90 bits per heavy atom. The van der Waals surface area contributed by atoms with E-state index in [0.717, 1.165) is 38.9 Å². The van der Waals surface area contributed by atoms with E-state index in [1.807, 2.05) is 0 Å². The molecule has 0 saturated carbocycles. The van der Waals surface area contributed by atoms with Gasteiger partial charge in [0.2, 0.25) is 0 Å². The number of benzene rings is 1. The second-order valence-electron chi connectivity index (χ2n) is 5.21. The first-order valence-corrected chi connectivity index (χ1v) is 7.18. The first-order valence-electron chi connectivity index (χ1n) is 7.18. The van der Waals surface area contributed by atoms with Gasteiger partial charge in [0.25, 0.3) is 0 Å². The standard InChI is InChI=1S/C15H21F3N2O/c1-12(19-6-7-20-8-10-21-11-9-20)13-4-2-3-5-14(13)15(16,17)18/h2-5,12,19H,6-11H2,1H3. The molecule has 6 heteroatoms. The number of alkyl halides is 3. The minimum Gasteiger partial charge on any atom is -0.379 e. The molecule has 21 heavy (non-hydrogen) atoms. The first kappa shape index (κ1) is 16.3. The van der Waals surface area contributed by atoms with Crippen molar-refractivity contribution >= 4 is 0 Å². The van der Waals surface area contributed by atoms with Crippen molar-refractivity contribution in [2.24, 2.45) is 0 Å². The predicted molar refractivity (Wildman–Crippen MR) is 75.1 cm³/mol. The molecule has 1 aromatic rings. The quantitative estimate of drug-likeness (QED) is 0.905. The highest BCUT2D eigenvalue weighted by Gasteiger charge is 2.33. The van der Waals surface area contributed by atoms with Crippen LogP contribution < -0.4 is 5.32 Å². The van der Waals surface area contributed by atoms with E-state index in [2.05, 4.69) is 10.2 Å². The third kappa shape index (κ3) is 4.69. The number of rotatable bonds is 5. The van der Waals surface area contributed by atoms with Gasteiger partial charge in [0.1, 0.15) is 0 Å². The van der Waals surface area contributed by atoms with E-state index in [-0.39, 0.29) is 6.04 Å². The van der Waals surface area contributed by atoms with Crippen LogP contribution in [0.1, 0.15) is 24.1 Å². The minimum atomic E-state index is -4.31. The Hall–Kier alpha value is -1.11. The number of nitrogens with one attached hydrogen (secondary N) is 1. The molecular weight excluding hydrogens is 281 g/mol. The lowest BCUT2D eigenvalue weighted by atomic mass is 10.0. The molecule has 2 rings (SSSR count). The summed E-state index contributed by atoms with van der Waals surface area (Å²) in [5.41, 5.74) is -0.261. The lowest BCUT2D eigenvalue weighted by molar-refractivity contribution is -0.138. The van der Waals surface area contributed by atoms with E-state index in [4.69, 9.17) is 4.74 Å². The molecule has 0 aliphatic carbocycles. The van der Waals surface area contributed by atoms with Crippen molar-refractivity contribution < 1.29 is 17.9 Å². The summed E-state index contributed by atoms with van der Waals surface area (Å²) in [7, 11) is 0. The van der Waals surface area contributed by atoms with Gasteiger partial charge in [-0.2, -0.15) is 13.2 Å². The van der Waals surface area contributed by atoms with E-state index in [1.165, 1.54) is 12.1 Å². The molecule has 1 aliphatic rings. The van der Waals surface area contributed by atoms with E-state index in [1.54, 1.807) is 13.0 Å². The highest BCUT2D eigenvalue weighted by Crippen LogP contribution is 2.34. The highest BCUT2D eigenvalue weighted by molar-refractivity contribution is 5.32. The number of morpholine rings is 1. The van der Waals surface area contributed by atoms with Gasteiger partial charge in [-0.1, -0.05) is 18.2 Å². The predicted octanol–water partition coefficient (Wildman–Crippen LogP) is 2.69. The Balaban J connectivity index is 1.89. The van der Waals surface area contributed by atoms with Crippen LogP contribution in [0.25, 0.3) is 0 Å². The average molecular weight is 302 g/mol. The van der Waals surface area contributed by atoms with Crippen LogP contribution in [-0.2, 0) is 10.9 Å². The van der Waals surface area contributed by atoms with Crippen LogP contribution in [0, 0.1) is 0 Å². The van der Waals surface area contributed by atoms with Crippen LogP contribution in [0.15, 0.2) is 24.3 Å². The maximum Gasteiger partial charge on any atom is 0.416 e. The monoisotopic (exact) mass is 302 g/mol. The second-order valence-corrected chi connectivity index (χ2v) is 5.21. The fraction of sp³-hybridized carbons (Fsp3) is 0.600. The molecule has 118 valence electrons. The van der Waals surface area contributed by atoms with E-state index in [0.29, 0.717) is 12.1 Å². The number of hydrogen-bond donors (Lipinski definition) is 1. The fourth-order valence-electron chi connectivity index (χ4n) is 2.51. The van der Waals surface area contributed by atoms with Crippen molar-refractivity contribution in [2.45, 2.75) is 19.1 Å². The largest absolute Gasteiger partial charge is 0.416 e. The zero-order valence-corrected chi connectivity index (χ0v) is 12.1. The maximum atomic E-state index is 13.0. The van der Waals surface area contributed by atoms with Crippen molar-refractivity contribution in [3.8, 4) is 0 Å². The minimum absolute atomic E-state index is 0.298. The Kier molecular flexibility index (Phi) is 5.61. The molecular formula is C15H21F3N2O. The molecule has 0 spiro atoms. The molecule has 0 radical (unpaired) electrons. The zero-order valence-electron chi connectivity index (χ0n) is 12.1. The molecule has 1 atom stereocenters. The third-order valence-corrected chi connectivity index (χ3v) is 3.71. The molecule has 1 aromatic carbocycles. The molecule has 1 aliphatic heterocycles. The summed E-state index contributed by atoms with van der Waals surface area (Å²) < 4.78 is 44.2. The van der Waals surface area contributed by atoms with Gasteiger partial charge in [0, 0.05) is 32.2 Å². The maximum absolute atomic E-state index is 13.0. The molecule has 0 aromatic heterocycles. The van der Waals surface area contributed by atoms with E-state index < -0.39 is 11.7 Å². The summed E-state index contributed by atoms with van der Waals surface area (Å²) in [5.74, 6) is 0. The Morgan fingerprint density at radius 3 is 2.57 bits per heavy atom. The van der Waals surface area contributed by atoms with Gasteiger partial charge in [-0.25, -0.2) is 0 Å². The summed E-state index contributed by atoms with van der Waals surface area (Å²) in [4.78, 5) is 2.25. The summed E-state index contributed by atoms with van der Waals surface area (Å²) in [5, 5.41) is 3.18. The van der Waals surface area contributed by atoms with Crippen molar-refractivity contribution in [2.75, 3.05) is 39.4 Å². The third-order valence-electron chi connectivity index (χ3n) is 3.71. The number of hydrogen-bond acceptors (Lipinski definition) is 3. The lowest BCUT2D eigenvalue weighted by Gasteiger charge is -2.27. The van der Waals surface area contributed by atoms with E-state index in [9.17, 15) is 13.2 Å². The molecule has 1 unspecified atom stereocenters. The Bertz CT molecular complexity index is 445. The number of halogens is 3. The molecule has 1 saturated heterocycles. The SMILES string of the molecule is CC(NCCN1CCOCC1)c1ccccc1C(F)(F)F. The van der Waals surface area contributed by atoms with Gasteiger partial charge in [0.15, 0.2) is 0 Å². The van der Waals surface area contributed by atoms with Crippen molar-refractivity contribution in [3.63, 3.8) is 0 Å². The van der Waals surface area contributed by atoms with Crippen molar-refractivity contribution in [1.82, 2.24) is 10.2 Å². The molecule has 0 bridgehead atoms. The van der Waals surface area contributed by atoms with Crippen LogP contribution >= 0.6 is 0 Å². The van der Waals surface area contributed by atoms with E-state index >= 15 is 0 Å². The van der Waals surface area contributed by atoms with Gasteiger partial charge < -0.3 is 10.1 Å². The highest BCUT2D eigenvalue weighted by atomic mass is 19.4. The van der Waals surface area contributed by atoms with Gasteiger partial charge in [-0.15, -0.1) is 0 Å². The zero-order chi connectivity index (χ0) is 15.3.